The molecule has 2 N–H and O–H groups in total. The number of aromatic amines is 1. The summed E-state index contributed by atoms with van der Waals surface area (Å²) in [6.07, 6.45) is 3.38. The highest BCUT2D eigenvalue weighted by Crippen LogP contribution is 2.20. The average molecular weight is 315 g/mol. The van der Waals surface area contributed by atoms with Crippen molar-refractivity contribution in [3.05, 3.63) is 42.2 Å². The van der Waals surface area contributed by atoms with Crippen molar-refractivity contribution in [2.24, 2.45) is 0 Å². The van der Waals surface area contributed by atoms with Crippen LogP contribution in [0.5, 0.6) is 0 Å². The molecule has 114 valence electrons. The Kier molecular flexibility index (Phi) is 4.89. The maximum atomic E-state index is 12.4. The molecule has 0 fully saturated rings. The molecule has 0 aliphatic rings. The fourth-order valence-electron chi connectivity index (χ4n) is 1.80. The van der Waals surface area contributed by atoms with Crippen molar-refractivity contribution in [2.45, 2.75) is 23.5 Å². The summed E-state index contributed by atoms with van der Waals surface area (Å²) in [6, 6.07) is 7.21. The second kappa shape index (κ2) is 6.66. The predicted molar refractivity (Wildman–Crippen MR) is 75.0 cm³/mol. The van der Waals surface area contributed by atoms with Gasteiger partial charge >= 0.3 is 5.76 Å². The van der Waals surface area contributed by atoms with Crippen LogP contribution in [0.2, 0.25) is 0 Å². The largest absolute Gasteiger partial charge is 0.385 e. The van der Waals surface area contributed by atoms with Gasteiger partial charge in [0.15, 0.2) is 0 Å². The number of anilines is 1. The number of rotatable bonds is 7. The van der Waals surface area contributed by atoms with Crippen LogP contribution in [0.1, 0.15) is 12.1 Å². The molecule has 5 nitrogen and oxygen atoms in total. The number of hydrogen-bond acceptors (Lipinski definition) is 4. The van der Waals surface area contributed by atoms with E-state index in [0.717, 1.165) is 18.5 Å². The SMILES string of the molecule is O=S(=O)(c1ccc(NCCCc2ccn[nH]2)cc1)C(F)F. The molecule has 0 bridgehead atoms. The van der Waals surface area contributed by atoms with Gasteiger partial charge in [0.2, 0.25) is 9.84 Å². The van der Waals surface area contributed by atoms with Gasteiger partial charge in [-0.05, 0) is 43.2 Å². The topological polar surface area (TPSA) is 74.8 Å². The lowest BCUT2D eigenvalue weighted by Gasteiger charge is -2.07. The van der Waals surface area contributed by atoms with E-state index in [9.17, 15) is 17.2 Å². The molecule has 2 rings (SSSR count). The number of aryl methyl sites for hydroxylation is 1. The third-order valence-electron chi connectivity index (χ3n) is 2.93. The first kappa shape index (κ1) is 15.4. The zero-order valence-electron chi connectivity index (χ0n) is 11.1. The van der Waals surface area contributed by atoms with Gasteiger partial charge in [-0.1, -0.05) is 0 Å². The van der Waals surface area contributed by atoms with Crippen LogP contribution in [0.15, 0.2) is 41.4 Å². The molecule has 0 spiro atoms. The number of aromatic nitrogens is 2. The van der Waals surface area contributed by atoms with E-state index in [2.05, 4.69) is 15.5 Å². The number of hydrogen-bond donors (Lipinski definition) is 2. The minimum absolute atomic E-state index is 0.375. The van der Waals surface area contributed by atoms with E-state index in [-0.39, 0.29) is 4.90 Å². The van der Waals surface area contributed by atoms with Crippen LogP contribution >= 0.6 is 0 Å². The molecule has 0 saturated carbocycles. The van der Waals surface area contributed by atoms with Crippen molar-refractivity contribution in [2.75, 3.05) is 11.9 Å². The smallest absolute Gasteiger partial charge is 0.341 e. The summed E-state index contributed by atoms with van der Waals surface area (Å²) in [4.78, 5) is -0.375. The predicted octanol–water partition coefficient (Wildman–Crippen LogP) is 2.45. The summed E-state index contributed by atoms with van der Waals surface area (Å²) in [5.74, 6) is -3.40. The van der Waals surface area contributed by atoms with Crippen LogP contribution in [0, 0.1) is 0 Å². The highest BCUT2D eigenvalue weighted by atomic mass is 32.2. The van der Waals surface area contributed by atoms with Gasteiger partial charge in [-0.25, -0.2) is 8.42 Å². The number of halogens is 2. The summed E-state index contributed by atoms with van der Waals surface area (Å²) in [5.41, 5.74) is 1.73. The van der Waals surface area contributed by atoms with Crippen molar-refractivity contribution in [3.8, 4) is 0 Å². The molecule has 0 aliphatic heterocycles. The number of H-pyrrole nitrogens is 1. The molecule has 0 aliphatic carbocycles. The summed E-state index contributed by atoms with van der Waals surface area (Å²) in [6.45, 7) is 0.681. The Morgan fingerprint density at radius 1 is 1.19 bits per heavy atom. The fourth-order valence-corrected chi connectivity index (χ4v) is 2.52. The molecule has 2 aromatic rings. The third kappa shape index (κ3) is 4.01. The zero-order chi connectivity index (χ0) is 15.3. The van der Waals surface area contributed by atoms with Crippen LogP contribution in [0.3, 0.4) is 0 Å². The van der Waals surface area contributed by atoms with E-state index in [1.54, 1.807) is 6.20 Å². The lowest BCUT2D eigenvalue weighted by molar-refractivity contribution is 0.234. The van der Waals surface area contributed by atoms with E-state index in [0.29, 0.717) is 12.2 Å². The van der Waals surface area contributed by atoms with Gasteiger partial charge in [-0.15, -0.1) is 0 Å². The number of sulfone groups is 1. The number of benzene rings is 1. The molecule has 1 aromatic carbocycles. The minimum Gasteiger partial charge on any atom is -0.385 e. The normalized spacial score (nSPS) is 11.8. The quantitative estimate of drug-likeness (QED) is 0.770. The average Bonchev–Trinajstić information content (AvgIpc) is 2.97. The van der Waals surface area contributed by atoms with E-state index in [1.807, 2.05) is 6.07 Å². The van der Waals surface area contributed by atoms with Gasteiger partial charge in [-0.2, -0.15) is 13.9 Å². The van der Waals surface area contributed by atoms with Crippen molar-refractivity contribution in [1.82, 2.24) is 10.2 Å². The van der Waals surface area contributed by atoms with Gasteiger partial charge < -0.3 is 5.32 Å². The lowest BCUT2D eigenvalue weighted by atomic mass is 10.2. The van der Waals surface area contributed by atoms with Crippen molar-refractivity contribution < 1.29 is 17.2 Å². The fraction of sp³-hybridized carbons (Fsp3) is 0.308. The van der Waals surface area contributed by atoms with Crippen LogP contribution in [-0.2, 0) is 16.3 Å². The Labute approximate surface area is 121 Å². The van der Waals surface area contributed by atoms with E-state index >= 15 is 0 Å². The Bertz CT molecular complexity index is 655. The first-order chi connectivity index (χ1) is 10.00. The molecule has 0 unspecified atom stereocenters. The van der Waals surface area contributed by atoms with Crippen LogP contribution < -0.4 is 5.32 Å². The summed E-state index contributed by atoms with van der Waals surface area (Å²) < 4.78 is 47.3. The number of alkyl halides is 2. The van der Waals surface area contributed by atoms with Gasteiger partial charge in [0.05, 0.1) is 4.90 Å². The Morgan fingerprint density at radius 2 is 1.90 bits per heavy atom. The molecule has 0 radical (unpaired) electrons. The van der Waals surface area contributed by atoms with E-state index in [1.165, 1.54) is 24.3 Å². The van der Waals surface area contributed by atoms with Crippen LogP contribution in [0.4, 0.5) is 14.5 Å². The van der Waals surface area contributed by atoms with Crippen molar-refractivity contribution in [3.63, 3.8) is 0 Å². The van der Waals surface area contributed by atoms with Gasteiger partial charge in [0, 0.05) is 24.1 Å². The Balaban J connectivity index is 1.85. The maximum absolute atomic E-state index is 12.4. The lowest BCUT2D eigenvalue weighted by Crippen LogP contribution is -2.11. The first-order valence-electron chi connectivity index (χ1n) is 6.34. The molecular weight excluding hydrogens is 300 g/mol. The monoisotopic (exact) mass is 315 g/mol. The zero-order valence-corrected chi connectivity index (χ0v) is 11.9. The maximum Gasteiger partial charge on any atom is 0.341 e. The molecule has 0 atom stereocenters. The summed E-state index contributed by atoms with van der Waals surface area (Å²) >= 11 is 0. The standard InChI is InChI=1S/C13H15F2N3O2S/c14-13(15)21(19,20)12-5-3-10(4-6-12)16-8-1-2-11-7-9-17-18-11/h3-7,9,13,16H,1-2,8H2,(H,17,18). The summed E-state index contributed by atoms with van der Waals surface area (Å²) in [5, 5.41) is 9.80. The van der Waals surface area contributed by atoms with Gasteiger partial charge in [0.25, 0.3) is 0 Å². The molecule has 21 heavy (non-hydrogen) atoms. The Hall–Kier alpha value is -1.96. The number of nitrogens with zero attached hydrogens (tertiary/aromatic N) is 1. The van der Waals surface area contributed by atoms with Gasteiger partial charge in [-0.3, -0.25) is 5.10 Å². The van der Waals surface area contributed by atoms with Crippen LogP contribution in [-0.4, -0.2) is 30.9 Å². The highest BCUT2D eigenvalue weighted by Gasteiger charge is 2.26. The van der Waals surface area contributed by atoms with Gasteiger partial charge in [0.1, 0.15) is 0 Å². The number of nitrogens with one attached hydrogen (secondary N) is 2. The first-order valence-corrected chi connectivity index (χ1v) is 7.89. The van der Waals surface area contributed by atoms with E-state index < -0.39 is 15.6 Å². The second-order valence-corrected chi connectivity index (χ2v) is 6.36. The molecule has 1 heterocycles. The molecule has 8 heteroatoms. The third-order valence-corrected chi connectivity index (χ3v) is 4.33. The molecule has 0 saturated heterocycles. The second-order valence-electron chi connectivity index (χ2n) is 4.44. The van der Waals surface area contributed by atoms with Crippen molar-refractivity contribution in [1.29, 1.82) is 0 Å². The van der Waals surface area contributed by atoms with E-state index in [4.69, 9.17) is 0 Å². The highest BCUT2D eigenvalue weighted by molar-refractivity contribution is 7.91. The Morgan fingerprint density at radius 3 is 2.48 bits per heavy atom. The molecular formula is C13H15F2N3O2S. The summed E-state index contributed by atoms with van der Waals surface area (Å²) in [7, 11) is -4.52. The minimum atomic E-state index is -4.52. The molecule has 0 amide bonds. The van der Waals surface area contributed by atoms with Crippen molar-refractivity contribution >= 4 is 15.5 Å². The molecule has 1 aromatic heterocycles. The van der Waals surface area contributed by atoms with Crippen LogP contribution in [0.25, 0.3) is 0 Å².